The molecule has 2 aromatic rings. The largest absolute Gasteiger partial charge is 0.395 e. The fourth-order valence-corrected chi connectivity index (χ4v) is 3.53. The summed E-state index contributed by atoms with van der Waals surface area (Å²) in [5, 5.41) is 12.2. The minimum Gasteiger partial charge on any atom is -0.395 e. The second kappa shape index (κ2) is 8.99. The SMILES string of the molecule is O=C(CCc1cccc(Cl)c1)NCc1ccc(S(=O)(=O)CCO)cc1. The molecule has 0 aliphatic carbocycles. The number of amides is 1. The number of nitrogens with one attached hydrogen (secondary N) is 1. The Morgan fingerprint density at radius 1 is 1.08 bits per heavy atom. The number of sulfone groups is 1. The van der Waals surface area contributed by atoms with Gasteiger partial charge in [-0.25, -0.2) is 8.42 Å². The van der Waals surface area contributed by atoms with Gasteiger partial charge in [-0.05, 0) is 41.8 Å². The van der Waals surface area contributed by atoms with Crippen LogP contribution in [0.4, 0.5) is 0 Å². The maximum absolute atomic E-state index is 11.9. The summed E-state index contributed by atoms with van der Waals surface area (Å²) in [4.78, 5) is 12.1. The van der Waals surface area contributed by atoms with Crippen molar-refractivity contribution in [3.05, 3.63) is 64.7 Å². The molecule has 2 aromatic carbocycles. The number of rotatable bonds is 8. The number of halogens is 1. The highest BCUT2D eigenvalue weighted by Gasteiger charge is 2.13. The Balaban J connectivity index is 1.83. The summed E-state index contributed by atoms with van der Waals surface area (Å²) >= 11 is 5.91. The van der Waals surface area contributed by atoms with Crippen LogP contribution in [0.5, 0.6) is 0 Å². The van der Waals surface area contributed by atoms with Crippen LogP contribution in [0, 0.1) is 0 Å². The Morgan fingerprint density at radius 2 is 1.80 bits per heavy atom. The molecule has 0 aromatic heterocycles. The predicted molar refractivity (Wildman–Crippen MR) is 97.2 cm³/mol. The first-order valence-electron chi connectivity index (χ1n) is 7.84. The zero-order valence-electron chi connectivity index (χ0n) is 13.6. The number of aliphatic hydroxyl groups is 1. The molecule has 0 saturated heterocycles. The van der Waals surface area contributed by atoms with E-state index >= 15 is 0 Å². The van der Waals surface area contributed by atoms with E-state index in [-0.39, 0.29) is 16.6 Å². The summed E-state index contributed by atoms with van der Waals surface area (Å²) in [6, 6.07) is 13.7. The van der Waals surface area contributed by atoms with Gasteiger partial charge in [-0.1, -0.05) is 35.9 Å². The van der Waals surface area contributed by atoms with Crippen LogP contribution in [0.3, 0.4) is 0 Å². The van der Waals surface area contributed by atoms with Gasteiger partial charge in [0.2, 0.25) is 5.91 Å². The molecule has 0 radical (unpaired) electrons. The van der Waals surface area contributed by atoms with Gasteiger partial charge in [-0.3, -0.25) is 4.79 Å². The lowest BCUT2D eigenvalue weighted by Gasteiger charge is -2.07. The average Bonchev–Trinajstić information content (AvgIpc) is 2.58. The molecule has 0 atom stereocenters. The molecule has 0 fully saturated rings. The van der Waals surface area contributed by atoms with E-state index in [1.54, 1.807) is 18.2 Å². The highest BCUT2D eigenvalue weighted by molar-refractivity contribution is 7.91. The van der Waals surface area contributed by atoms with E-state index in [2.05, 4.69) is 5.32 Å². The average molecular weight is 382 g/mol. The molecule has 0 aliphatic heterocycles. The van der Waals surface area contributed by atoms with Gasteiger partial charge >= 0.3 is 0 Å². The van der Waals surface area contributed by atoms with E-state index in [0.717, 1.165) is 11.1 Å². The molecular formula is C18H20ClNO4S. The van der Waals surface area contributed by atoms with Gasteiger partial charge in [0.15, 0.2) is 9.84 Å². The van der Waals surface area contributed by atoms with Crippen molar-refractivity contribution in [3.8, 4) is 0 Å². The van der Waals surface area contributed by atoms with E-state index in [4.69, 9.17) is 16.7 Å². The predicted octanol–water partition coefficient (Wildman–Crippen LogP) is 2.36. The fraction of sp³-hybridized carbons (Fsp3) is 0.278. The monoisotopic (exact) mass is 381 g/mol. The van der Waals surface area contributed by atoms with Gasteiger partial charge in [0.1, 0.15) is 0 Å². The van der Waals surface area contributed by atoms with Gasteiger partial charge in [-0.2, -0.15) is 0 Å². The second-order valence-corrected chi connectivity index (χ2v) is 8.14. The third-order valence-electron chi connectivity index (χ3n) is 3.66. The van der Waals surface area contributed by atoms with Crippen molar-refractivity contribution in [1.82, 2.24) is 5.32 Å². The van der Waals surface area contributed by atoms with Crippen molar-refractivity contribution < 1.29 is 18.3 Å². The minimum atomic E-state index is -3.45. The van der Waals surface area contributed by atoms with Gasteiger partial charge in [0.25, 0.3) is 0 Å². The Hall–Kier alpha value is -1.89. The smallest absolute Gasteiger partial charge is 0.220 e. The fourth-order valence-electron chi connectivity index (χ4n) is 2.29. The van der Waals surface area contributed by atoms with Crippen LogP contribution in [-0.2, 0) is 27.6 Å². The number of hydrogen-bond donors (Lipinski definition) is 2. The van der Waals surface area contributed by atoms with E-state index in [1.807, 2.05) is 18.2 Å². The van der Waals surface area contributed by atoms with Crippen LogP contribution in [0.1, 0.15) is 17.5 Å². The normalized spacial score (nSPS) is 11.3. The van der Waals surface area contributed by atoms with Gasteiger partial charge < -0.3 is 10.4 Å². The summed E-state index contributed by atoms with van der Waals surface area (Å²) in [5.74, 6) is -0.385. The number of carbonyl (C=O) groups excluding carboxylic acids is 1. The molecule has 5 nitrogen and oxygen atoms in total. The molecular weight excluding hydrogens is 362 g/mol. The zero-order chi connectivity index (χ0) is 18.3. The maximum atomic E-state index is 11.9. The van der Waals surface area contributed by atoms with Crippen molar-refractivity contribution in [2.24, 2.45) is 0 Å². The Bertz CT molecular complexity index is 819. The molecule has 0 saturated carbocycles. The van der Waals surface area contributed by atoms with Crippen LogP contribution in [-0.4, -0.2) is 31.8 Å². The molecule has 134 valence electrons. The third kappa shape index (κ3) is 6.16. The van der Waals surface area contributed by atoms with Crippen molar-refractivity contribution in [2.45, 2.75) is 24.3 Å². The summed E-state index contributed by atoms with van der Waals surface area (Å²) in [7, 11) is -3.45. The molecule has 0 aliphatic rings. The highest BCUT2D eigenvalue weighted by atomic mass is 35.5. The van der Waals surface area contributed by atoms with Crippen LogP contribution in [0.15, 0.2) is 53.4 Å². The molecule has 2 N–H and O–H groups in total. The molecule has 0 unspecified atom stereocenters. The molecule has 0 spiro atoms. The Labute approximate surface area is 152 Å². The van der Waals surface area contributed by atoms with Crippen molar-refractivity contribution >= 4 is 27.3 Å². The van der Waals surface area contributed by atoms with Crippen LogP contribution < -0.4 is 5.32 Å². The van der Waals surface area contributed by atoms with Crippen LogP contribution in [0.25, 0.3) is 0 Å². The summed E-state index contributed by atoms with van der Waals surface area (Å²) in [5.41, 5.74) is 1.81. The number of hydrogen-bond acceptors (Lipinski definition) is 4. The van der Waals surface area contributed by atoms with E-state index < -0.39 is 16.4 Å². The molecule has 1 amide bonds. The Kier molecular flexibility index (Phi) is 6.99. The van der Waals surface area contributed by atoms with E-state index in [9.17, 15) is 13.2 Å². The first-order valence-corrected chi connectivity index (χ1v) is 9.87. The minimum absolute atomic E-state index is 0.0862. The topological polar surface area (TPSA) is 83.5 Å². The summed E-state index contributed by atoms with van der Waals surface area (Å²) < 4.78 is 23.6. The van der Waals surface area contributed by atoms with Gasteiger partial charge in [0.05, 0.1) is 17.3 Å². The van der Waals surface area contributed by atoms with E-state index in [0.29, 0.717) is 24.4 Å². The number of carbonyl (C=O) groups is 1. The maximum Gasteiger partial charge on any atom is 0.220 e. The van der Waals surface area contributed by atoms with Crippen molar-refractivity contribution in [3.63, 3.8) is 0 Å². The lowest BCUT2D eigenvalue weighted by molar-refractivity contribution is -0.121. The first-order chi connectivity index (χ1) is 11.9. The van der Waals surface area contributed by atoms with Crippen LogP contribution in [0.2, 0.25) is 5.02 Å². The lowest BCUT2D eigenvalue weighted by atomic mass is 10.1. The number of benzene rings is 2. The molecule has 7 heteroatoms. The number of aryl methyl sites for hydroxylation is 1. The summed E-state index contributed by atoms with van der Waals surface area (Å²) in [6.07, 6.45) is 0.952. The van der Waals surface area contributed by atoms with Gasteiger partial charge in [-0.15, -0.1) is 0 Å². The summed E-state index contributed by atoms with van der Waals surface area (Å²) in [6.45, 7) is -0.0819. The Morgan fingerprint density at radius 3 is 2.44 bits per heavy atom. The van der Waals surface area contributed by atoms with E-state index in [1.165, 1.54) is 12.1 Å². The molecule has 2 rings (SSSR count). The van der Waals surface area contributed by atoms with Crippen molar-refractivity contribution in [2.75, 3.05) is 12.4 Å². The standard InChI is InChI=1S/C18H20ClNO4S/c19-16-3-1-2-14(12-16)6-9-18(22)20-13-15-4-7-17(8-5-15)25(23,24)11-10-21/h1-5,7-8,12,21H,6,9-11,13H2,(H,20,22). The third-order valence-corrected chi connectivity index (χ3v) is 5.61. The lowest BCUT2D eigenvalue weighted by Crippen LogP contribution is -2.23. The van der Waals surface area contributed by atoms with Gasteiger partial charge in [0, 0.05) is 18.0 Å². The highest BCUT2D eigenvalue weighted by Crippen LogP contribution is 2.13. The van der Waals surface area contributed by atoms with Crippen LogP contribution >= 0.6 is 11.6 Å². The molecule has 0 heterocycles. The second-order valence-electron chi connectivity index (χ2n) is 5.59. The molecule has 25 heavy (non-hydrogen) atoms. The quantitative estimate of drug-likeness (QED) is 0.735. The number of aliphatic hydroxyl groups excluding tert-OH is 1. The zero-order valence-corrected chi connectivity index (χ0v) is 15.2. The first kappa shape index (κ1) is 19.4. The van der Waals surface area contributed by atoms with Crippen molar-refractivity contribution in [1.29, 1.82) is 0 Å². The molecule has 0 bridgehead atoms.